The Labute approximate surface area is 199 Å². The van der Waals surface area contributed by atoms with Crippen molar-refractivity contribution in [3.05, 3.63) is 73.6 Å². The quantitative estimate of drug-likeness (QED) is 0.459. The first-order valence-corrected chi connectivity index (χ1v) is 12.3. The number of aryl methyl sites for hydroxylation is 2. The van der Waals surface area contributed by atoms with Crippen LogP contribution in [0.15, 0.2) is 46.2 Å². The second-order valence-corrected chi connectivity index (χ2v) is 9.82. The van der Waals surface area contributed by atoms with Crippen molar-refractivity contribution >= 4 is 33.5 Å². The number of thiazole rings is 1. The van der Waals surface area contributed by atoms with Crippen LogP contribution in [0, 0.1) is 5.92 Å². The van der Waals surface area contributed by atoms with Gasteiger partial charge in [0.15, 0.2) is 16.3 Å². The Bertz CT molecular complexity index is 1480. The lowest BCUT2D eigenvalue weighted by molar-refractivity contribution is -0.116. The number of hydrogen-bond donors (Lipinski definition) is 1. The van der Waals surface area contributed by atoms with Crippen LogP contribution in [0.2, 0.25) is 0 Å². The molecule has 1 N–H and O–H groups in total. The van der Waals surface area contributed by atoms with Crippen LogP contribution in [0.5, 0.6) is 0 Å². The summed E-state index contributed by atoms with van der Waals surface area (Å²) < 4.78 is 4.14. The van der Waals surface area contributed by atoms with Crippen LogP contribution in [-0.2, 0) is 37.3 Å². The van der Waals surface area contributed by atoms with Crippen LogP contribution >= 0.6 is 11.3 Å². The topological polar surface area (TPSA) is 104 Å². The molecule has 1 aliphatic rings. The van der Waals surface area contributed by atoms with Gasteiger partial charge in [-0.25, -0.2) is 19.3 Å². The van der Waals surface area contributed by atoms with E-state index in [0.29, 0.717) is 28.8 Å². The highest BCUT2D eigenvalue weighted by molar-refractivity contribution is 7.15. The Morgan fingerprint density at radius 2 is 2.00 bits per heavy atom. The van der Waals surface area contributed by atoms with Gasteiger partial charge in [0.1, 0.15) is 6.54 Å². The number of hydrogen-bond acceptors (Lipinski definition) is 6. The molecule has 4 aromatic rings. The van der Waals surface area contributed by atoms with Gasteiger partial charge in [0, 0.05) is 11.4 Å². The van der Waals surface area contributed by atoms with Crippen molar-refractivity contribution in [2.75, 3.05) is 5.32 Å². The molecule has 0 aliphatic heterocycles. The maximum absolute atomic E-state index is 13.4. The first-order valence-electron chi connectivity index (χ1n) is 11.5. The van der Waals surface area contributed by atoms with E-state index in [-0.39, 0.29) is 6.54 Å². The predicted molar refractivity (Wildman–Crippen MR) is 131 cm³/mol. The summed E-state index contributed by atoms with van der Waals surface area (Å²) in [6.07, 6.45) is 4.51. The average Bonchev–Trinajstić information content (AvgIpc) is 3.43. The normalized spacial score (nSPS) is 15.4. The van der Waals surface area contributed by atoms with Crippen molar-refractivity contribution in [1.29, 1.82) is 0 Å². The highest BCUT2D eigenvalue weighted by Crippen LogP contribution is 2.32. The molecule has 0 fully saturated rings. The third-order valence-corrected chi connectivity index (χ3v) is 7.28. The summed E-state index contributed by atoms with van der Waals surface area (Å²) in [6, 6.07) is 9.49. The molecule has 1 aliphatic carbocycles. The summed E-state index contributed by atoms with van der Waals surface area (Å²) in [5.41, 5.74) is 1.48. The average molecular weight is 479 g/mol. The van der Waals surface area contributed by atoms with Crippen molar-refractivity contribution in [2.24, 2.45) is 5.92 Å². The lowest BCUT2D eigenvalue weighted by atomic mass is 9.93. The summed E-state index contributed by atoms with van der Waals surface area (Å²) in [5.74, 6) is 0.153. The number of anilines is 1. The van der Waals surface area contributed by atoms with Gasteiger partial charge in [0.25, 0.3) is 5.56 Å². The van der Waals surface area contributed by atoms with Gasteiger partial charge in [-0.05, 0) is 37.7 Å². The van der Waals surface area contributed by atoms with E-state index in [4.69, 9.17) is 0 Å². The first kappa shape index (κ1) is 22.3. The molecule has 0 saturated heterocycles. The highest BCUT2D eigenvalue weighted by Gasteiger charge is 2.22. The molecule has 1 aromatic carbocycles. The third kappa shape index (κ3) is 4.09. The molecule has 34 heavy (non-hydrogen) atoms. The fourth-order valence-corrected chi connectivity index (χ4v) is 5.61. The van der Waals surface area contributed by atoms with Gasteiger partial charge in [-0.15, -0.1) is 11.3 Å². The Morgan fingerprint density at radius 1 is 1.21 bits per heavy atom. The SMILES string of the molecule is CCn1cnc2c1c(=O)n(CC(=O)Nc1nc3c(s1)CC(C)CC3)c(=O)n2Cc1ccccc1. The number of fused-ring (bicyclic) bond motifs is 2. The minimum absolute atomic E-state index is 0.246. The Morgan fingerprint density at radius 3 is 2.76 bits per heavy atom. The Balaban J connectivity index is 1.49. The zero-order valence-corrected chi connectivity index (χ0v) is 20.0. The summed E-state index contributed by atoms with van der Waals surface area (Å²) >= 11 is 1.47. The van der Waals surface area contributed by atoms with Gasteiger partial charge in [-0.3, -0.25) is 14.2 Å². The van der Waals surface area contributed by atoms with E-state index < -0.39 is 23.7 Å². The molecule has 0 radical (unpaired) electrons. The molecule has 176 valence electrons. The number of rotatable bonds is 6. The van der Waals surface area contributed by atoms with Crippen LogP contribution in [-0.4, -0.2) is 29.6 Å². The molecule has 3 aromatic heterocycles. The Kier molecular flexibility index (Phi) is 5.91. The van der Waals surface area contributed by atoms with Crippen molar-refractivity contribution in [3.63, 3.8) is 0 Å². The fourth-order valence-electron chi connectivity index (χ4n) is 4.42. The molecule has 9 nitrogen and oxygen atoms in total. The van der Waals surface area contributed by atoms with Crippen LogP contribution < -0.4 is 16.6 Å². The number of carbonyl (C=O) groups is 1. The van der Waals surface area contributed by atoms with E-state index in [2.05, 4.69) is 22.2 Å². The third-order valence-electron chi connectivity index (χ3n) is 6.24. The summed E-state index contributed by atoms with van der Waals surface area (Å²) in [6.45, 7) is 4.49. The maximum Gasteiger partial charge on any atom is 0.333 e. The van der Waals surface area contributed by atoms with Crippen LogP contribution in [0.25, 0.3) is 11.2 Å². The van der Waals surface area contributed by atoms with Gasteiger partial charge in [0.2, 0.25) is 5.91 Å². The summed E-state index contributed by atoms with van der Waals surface area (Å²) in [5, 5.41) is 3.31. The second-order valence-electron chi connectivity index (χ2n) is 8.73. The minimum atomic E-state index is -0.565. The summed E-state index contributed by atoms with van der Waals surface area (Å²) in [7, 11) is 0. The molecule has 0 saturated carbocycles. The van der Waals surface area contributed by atoms with E-state index >= 15 is 0 Å². The minimum Gasteiger partial charge on any atom is -0.325 e. The number of nitrogens with zero attached hydrogens (tertiary/aromatic N) is 5. The van der Waals surface area contributed by atoms with Crippen LogP contribution in [0.3, 0.4) is 0 Å². The molecular formula is C24H26N6O3S. The molecule has 1 unspecified atom stereocenters. The lowest BCUT2D eigenvalue weighted by Gasteiger charge is -2.15. The number of aromatic nitrogens is 5. The number of carbonyl (C=O) groups excluding carboxylic acids is 1. The van der Waals surface area contributed by atoms with Crippen LogP contribution in [0.1, 0.15) is 36.4 Å². The smallest absolute Gasteiger partial charge is 0.325 e. The molecule has 1 amide bonds. The van der Waals surface area contributed by atoms with Gasteiger partial charge in [0.05, 0.1) is 18.6 Å². The monoisotopic (exact) mass is 478 g/mol. The maximum atomic E-state index is 13.4. The predicted octanol–water partition coefficient (Wildman–Crippen LogP) is 2.65. The number of imidazole rings is 1. The first-order chi connectivity index (χ1) is 16.4. The van der Waals surface area contributed by atoms with Gasteiger partial charge < -0.3 is 9.88 Å². The molecular weight excluding hydrogens is 452 g/mol. The van der Waals surface area contributed by atoms with Gasteiger partial charge in [-0.2, -0.15) is 0 Å². The zero-order valence-electron chi connectivity index (χ0n) is 19.2. The van der Waals surface area contributed by atoms with Crippen molar-refractivity contribution in [2.45, 2.75) is 52.7 Å². The van der Waals surface area contributed by atoms with Crippen molar-refractivity contribution in [3.8, 4) is 0 Å². The van der Waals surface area contributed by atoms with E-state index in [1.165, 1.54) is 20.8 Å². The van der Waals surface area contributed by atoms with E-state index in [0.717, 1.165) is 35.1 Å². The highest BCUT2D eigenvalue weighted by atomic mass is 32.1. The van der Waals surface area contributed by atoms with E-state index in [1.807, 2.05) is 37.3 Å². The molecule has 1 atom stereocenters. The van der Waals surface area contributed by atoms with Gasteiger partial charge in [-0.1, -0.05) is 37.3 Å². The lowest BCUT2D eigenvalue weighted by Crippen LogP contribution is -2.43. The van der Waals surface area contributed by atoms with Crippen molar-refractivity contribution < 1.29 is 4.79 Å². The van der Waals surface area contributed by atoms with E-state index in [1.54, 1.807) is 10.9 Å². The van der Waals surface area contributed by atoms with E-state index in [9.17, 15) is 14.4 Å². The molecule has 0 bridgehead atoms. The zero-order chi connectivity index (χ0) is 23.8. The number of amides is 1. The largest absolute Gasteiger partial charge is 0.333 e. The molecule has 0 spiro atoms. The molecule has 5 rings (SSSR count). The molecule has 10 heteroatoms. The Hall–Kier alpha value is -3.53. The fraction of sp³-hybridized carbons (Fsp3) is 0.375. The summed E-state index contributed by atoms with van der Waals surface area (Å²) in [4.78, 5) is 49.6. The molecule has 3 heterocycles. The second kappa shape index (κ2) is 9.02. The van der Waals surface area contributed by atoms with Crippen LogP contribution in [0.4, 0.5) is 5.13 Å². The van der Waals surface area contributed by atoms with Crippen molar-refractivity contribution in [1.82, 2.24) is 23.7 Å². The standard InChI is InChI=1S/C24H26N6O3S/c1-3-28-14-25-21-20(28)22(32)30(24(33)29(21)12-16-7-5-4-6-8-16)13-19(31)27-23-26-17-10-9-15(2)11-18(17)34-23/h4-8,14-15H,3,9-13H2,1-2H3,(H,26,27,31). The number of nitrogens with one attached hydrogen (secondary N) is 1. The number of benzene rings is 1. The van der Waals surface area contributed by atoms with Gasteiger partial charge >= 0.3 is 5.69 Å².